The molecular formula is C23H18F4N4O. The second kappa shape index (κ2) is 8.07. The highest BCUT2D eigenvalue weighted by molar-refractivity contribution is 6.01. The van der Waals surface area contributed by atoms with E-state index in [2.05, 4.69) is 15.4 Å². The van der Waals surface area contributed by atoms with Gasteiger partial charge in [-0.1, -0.05) is 19.1 Å². The molecule has 32 heavy (non-hydrogen) atoms. The summed E-state index contributed by atoms with van der Waals surface area (Å²) in [5.74, 6) is -0.670. The Labute approximate surface area is 180 Å². The fourth-order valence-corrected chi connectivity index (χ4v) is 3.48. The minimum absolute atomic E-state index is 0.192. The summed E-state index contributed by atoms with van der Waals surface area (Å²) in [6.07, 6.45) is -1.03. The summed E-state index contributed by atoms with van der Waals surface area (Å²) in [6.45, 7) is 3.45. The van der Waals surface area contributed by atoms with E-state index in [1.54, 1.807) is 19.2 Å². The molecule has 1 N–H and O–H groups in total. The molecule has 4 aromatic rings. The molecule has 0 unspecified atom stereocenters. The number of aryl methyl sites for hydroxylation is 2. The Morgan fingerprint density at radius 2 is 1.94 bits per heavy atom. The van der Waals surface area contributed by atoms with E-state index in [1.807, 2.05) is 6.92 Å². The second-order valence-electron chi connectivity index (χ2n) is 7.25. The van der Waals surface area contributed by atoms with Crippen molar-refractivity contribution < 1.29 is 22.4 Å². The van der Waals surface area contributed by atoms with Crippen LogP contribution in [0.15, 0.2) is 54.9 Å². The number of fused-ring (bicyclic) bond motifs is 1. The topological polar surface area (TPSA) is 59.8 Å². The molecule has 164 valence electrons. The van der Waals surface area contributed by atoms with Crippen LogP contribution < -0.4 is 5.43 Å². The van der Waals surface area contributed by atoms with E-state index in [0.717, 1.165) is 12.1 Å². The second-order valence-corrected chi connectivity index (χ2v) is 7.25. The van der Waals surface area contributed by atoms with Crippen molar-refractivity contribution >= 4 is 16.8 Å². The van der Waals surface area contributed by atoms with Gasteiger partial charge in [-0.05, 0) is 49.2 Å². The molecule has 5 nitrogen and oxygen atoms in total. The summed E-state index contributed by atoms with van der Waals surface area (Å²) in [4.78, 5) is 21.3. The number of aromatic nitrogens is 3. The van der Waals surface area contributed by atoms with Crippen LogP contribution in [0.25, 0.3) is 22.3 Å². The minimum atomic E-state index is -4.46. The van der Waals surface area contributed by atoms with Crippen LogP contribution in [-0.2, 0) is 12.6 Å². The van der Waals surface area contributed by atoms with Gasteiger partial charge in [-0.2, -0.15) is 13.2 Å². The first-order valence-corrected chi connectivity index (χ1v) is 9.79. The molecule has 2 aromatic heterocycles. The Balaban J connectivity index is 1.65. The van der Waals surface area contributed by atoms with E-state index in [0.29, 0.717) is 34.1 Å². The lowest BCUT2D eigenvalue weighted by atomic mass is 10.1. The minimum Gasteiger partial charge on any atom is -0.267 e. The van der Waals surface area contributed by atoms with E-state index in [-0.39, 0.29) is 11.4 Å². The first-order valence-electron chi connectivity index (χ1n) is 9.79. The molecule has 2 aromatic carbocycles. The standard InChI is InChI=1S/C23H18F4N4O/c1-3-14-12-31(20-8-7-16(10-18(14)20)23(25,26)27)30-22(32)19-11-28-21(29-13(19)2)15-5-4-6-17(24)9-15/h4-12H,3H2,1-2H3,(H,30,32). The van der Waals surface area contributed by atoms with Crippen LogP contribution in [0.3, 0.4) is 0 Å². The first-order chi connectivity index (χ1) is 15.2. The van der Waals surface area contributed by atoms with Gasteiger partial charge in [0.15, 0.2) is 5.82 Å². The van der Waals surface area contributed by atoms with Crippen molar-refractivity contribution in [1.29, 1.82) is 0 Å². The van der Waals surface area contributed by atoms with Gasteiger partial charge in [-0.15, -0.1) is 0 Å². The number of benzene rings is 2. The number of amides is 1. The molecular weight excluding hydrogens is 424 g/mol. The number of nitrogens with zero attached hydrogens (tertiary/aromatic N) is 3. The number of rotatable bonds is 4. The van der Waals surface area contributed by atoms with Crippen LogP contribution in [0.1, 0.15) is 34.1 Å². The van der Waals surface area contributed by atoms with Gasteiger partial charge in [0.2, 0.25) is 0 Å². The SMILES string of the molecule is CCc1cn(NC(=O)c2cnc(-c3cccc(F)c3)nc2C)c2ccc(C(F)(F)F)cc12. The number of carbonyl (C=O) groups is 1. The highest BCUT2D eigenvalue weighted by Crippen LogP contribution is 2.33. The van der Waals surface area contributed by atoms with Crippen LogP contribution in [0.2, 0.25) is 0 Å². The van der Waals surface area contributed by atoms with E-state index in [1.165, 1.54) is 35.1 Å². The third kappa shape index (κ3) is 4.05. The maximum atomic E-state index is 13.5. The number of nitrogens with one attached hydrogen (secondary N) is 1. The zero-order valence-electron chi connectivity index (χ0n) is 17.2. The summed E-state index contributed by atoms with van der Waals surface area (Å²) in [5.41, 5.74) is 4.09. The third-order valence-electron chi connectivity index (χ3n) is 5.12. The highest BCUT2D eigenvalue weighted by atomic mass is 19.4. The summed E-state index contributed by atoms with van der Waals surface area (Å²) in [6, 6.07) is 9.19. The molecule has 0 radical (unpaired) electrons. The third-order valence-corrected chi connectivity index (χ3v) is 5.12. The molecule has 0 saturated carbocycles. The van der Waals surface area contributed by atoms with Crippen molar-refractivity contribution in [2.24, 2.45) is 0 Å². The van der Waals surface area contributed by atoms with Crippen molar-refractivity contribution in [1.82, 2.24) is 14.6 Å². The van der Waals surface area contributed by atoms with Crippen LogP contribution in [0.5, 0.6) is 0 Å². The molecule has 0 bridgehead atoms. The largest absolute Gasteiger partial charge is 0.416 e. The molecule has 9 heteroatoms. The fraction of sp³-hybridized carbons (Fsp3) is 0.174. The van der Waals surface area contributed by atoms with E-state index < -0.39 is 23.5 Å². The fourth-order valence-electron chi connectivity index (χ4n) is 3.48. The lowest BCUT2D eigenvalue weighted by Crippen LogP contribution is -2.23. The van der Waals surface area contributed by atoms with Crippen molar-refractivity contribution in [2.45, 2.75) is 26.4 Å². The van der Waals surface area contributed by atoms with Crippen molar-refractivity contribution in [3.8, 4) is 11.4 Å². The maximum absolute atomic E-state index is 13.5. The summed E-state index contributed by atoms with van der Waals surface area (Å²) in [5, 5.41) is 0.414. The zero-order valence-corrected chi connectivity index (χ0v) is 17.2. The summed E-state index contributed by atoms with van der Waals surface area (Å²) in [7, 11) is 0. The van der Waals surface area contributed by atoms with Crippen molar-refractivity contribution in [3.05, 3.63) is 83.1 Å². The normalized spacial score (nSPS) is 11.7. The van der Waals surface area contributed by atoms with Gasteiger partial charge >= 0.3 is 6.18 Å². The van der Waals surface area contributed by atoms with E-state index >= 15 is 0 Å². The molecule has 0 aliphatic rings. The van der Waals surface area contributed by atoms with Crippen molar-refractivity contribution in [2.75, 3.05) is 5.43 Å². The quantitative estimate of drug-likeness (QED) is 0.424. The molecule has 0 spiro atoms. The molecule has 1 amide bonds. The maximum Gasteiger partial charge on any atom is 0.416 e. The molecule has 0 fully saturated rings. The average Bonchev–Trinajstić information content (AvgIpc) is 3.10. The van der Waals surface area contributed by atoms with Gasteiger partial charge in [0, 0.05) is 23.3 Å². The Bertz CT molecular complexity index is 1330. The Morgan fingerprint density at radius 1 is 1.16 bits per heavy atom. The lowest BCUT2D eigenvalue weighted by molar-refractivity contribution is -0.137. The molecule has 4 rings (SSSR count). The number of hydrogen-bond acceptors (Lipinski definition) is 3. The molecule has 0 saturated heterocycles. The van der Waals surface area contributed by atoms with Gasteiger partial charge in [0.25, 0.3) is 5.91 Å². The predicted molar refractivity (Wildman–Crippen MR) is 112 cm³/mol. The Hall–Kier alpha value is -3.75. The molecule has 0 aliphatic heterocycles. The van der Waals surface area contributed by atoms with E-state index in [4.69, 9.17) is 0 Å². The van der Waals surface area contributed by atoms with Gasteiger partial charge in [-0.25, -0.2) is 14.4 Å². The van der Waals surface area contributed by atoms with Gasteiger partial charge in [0.1, 0.15) is 5.82 Å². The number of carbonyl (C=O) groups excluding carboxylic acids is 1. The number of hydrogen-bond donors (Lipinski definition) is 1. The molecule has 0 atom stereocenters. The lowest BCUT2D eigenvalue weighted by Gasteiger charge is -2.11. The smallest absolute Gasteiger partial charge is 0.267 e. The molecule has 0 aliphatic carbocycles. The summed E-state index contributed by atoms with van der Waals surface area (Å²) < 4.78 is 54.2. The number of halogens is 4. The monoisotopic (exact) mass is 442 g/mol. The predicted octanol–water partition coefficient (Wildman–Crippen LogP) is 5.51. The Kier molecular flexibility index (Phi) is 5.41. The number of alkyl halides is 3. The van der Waals surface area contributed by atoms with Crippen molar-refractivity contribution in [3.63, 3.8) is 0 Å². The Morgan fingerprint density at radius 3 is 2.59 bits per heavy atom. The van der Waals surface area contributed by atoms with Crippen LogP contribution in [0.4, 0.5) is 17.6 Å². The average molecular weight is 442 g/mol. The van der Waals surface area contributed by atoms with Crippen LogP contribution >= 0.6 is 0 Å². The molecule has 2 heterocycles. The van der Waals surface area contributed by atoms with Gasteiger partial charge in [0.05, 0.1) is 22.3 Å². The van der Waals surface area contributed by atoms with E-state index in [9.17, 15) is 22.4 Å². The van der Waals surface area contributed by atoms with Gasteiger partial charge in [-0.3, -0.25) is 14.9 Å². The van der Waals surface area contributed by atoms with Gasteiger partial charge < -0.3 is 0 Å². The first kappa shape index (κ1) is 21.5. The zero-order chi connectivity index (χ0) is 23.0. The van der Waals surface area contributed by atoms with Crippen LogP contribution in [0, 0.1) is 12.7 Å². The summed E-state index contributed by atoms with van der Waals surface area (Å²) >= 11 is 0. The van der Waals surface area contributed by atoms with Crippen LogP contribution in [-0.4, -0.2) is 20.6 Å². The highest BCUT2D eigenvalue weighted by Gasteiger charge is 2.31.